The predicted octanol–water partition coefficient (Wildman–Crippen LogP) is 1.93. The lowest BCUT2D eigenvalue weighted by atomic mass is 10.3. The van der Waals surface area contributed by atoms with E-state index in [9.17, 15) is 9.59 Å². The average molecular weight is 338 g/mol. The summed E-state index contributed by atoms with van der Waals surface area (Å²) in [5.41, 5.74) is 0.528. The first-order valence-corrected chi connectivity index (χ1v) is 8.15. The fourth-order valence-corrected chi connectivity index (χ4v) is 1.96. The van der Waals surface area contributed by atoms with Gasteiger partial charge in [-0.2, -0.15) is 0 Å². The first-order chi connectivity index (χ1) is 11.6. The van der Waals surface area contributed by atoms with Gasteiger partial charge in [-0.15, -0.1) is 0 Å². The average Bonchev–Trinajstić information content (AvgIpc) is 2.57. The van der Waals surface area contributed by atoms with Crippen molar-refractivity contribution < 1.29 is 23.8 Å². The van der Waals surface area contributed by atoms with Gasteiger partial charge in [0, 0.05) is 31.9 Å². The molecule has 0 aliphatic heterocycles. The van der Waals surface area contributed by atoms with Crippen molar-refractivity contribution in [3.05, 3.63) is 24.3 Å². The molecule has 24 heavy (non-hydrogen) atoms. The molecule has 2 N–H and O–H groups in total. The summed E-state index contributed by atoms with van der Waals surface area (Å²) in [4.78, 5) is 23.6. The Morgan fingerprint density at radius 1 is 0.958 bits per heavy atom. The van der Waals surface area contributed by atoms with E-state index < -0.39 is 11.8 Å². The Hall–Kier alpha value is -2.12. The van der Waals surface area contributed by atoms with Crippen molar-refractivity contribution in [2.24, 2.45) is 0 Å². The third kappa shape index (κ3) is 7.43. The van der Waals surface area contributed by atoms with Crippen LogP contribution < -0.4 is 15.4 Å². The van der Waals surface area contributed by atoms with Crippen molar-refractivity contribution in [2.45, 2.75) is 33.5 Å². The summed E-state index contributed by atoms with van der Waals surface area (Å²) < 4.78 is 16.0. The summed E-state index contributed by atoms with van der Waals surface area (Å²) in [7, 11) is 0. The first kappa shape index (κ1) is 19.9. The molecular formula is C17H26N2O5. The summed E-state index contributed by atoms with van der Waals surface area (Å²) in [6.45, 7) is 7.54. The highest BCUT2D eigenvalue weighted by atomic mass is 16.7. The van der Waals surface area contributed by atoms with Crippen LogP contribution in [0.2, 0.25) is 0 Å². The topological polar surface area (TPSA) is 85.9 Å². The number of hydrogen-bond donors (Lipinski definition) is 2. The maximum absolute atomic E-state index is 11.8. The molecule has 1 rings (SSSR count). The van der Waals surface area contributed by atoms with Crippen molar-refractivity contribution in [1.29, 1.82) is 0 Å². The number of benzene rings is 1. The molecule has 0 fully saturated rings. The fourth-order valence-electron chi connectivity index (χ4n) is 1.96. The Balaban J connectivity index is 2.37. The van der Waals surface area contributed by atoms with E-state index in [1.165, 1.54) is 0 Å². The van der Waals surface area contributed by atoms with Gasteiger partial charge in [-0.3, -0.25) is 9.59 Å². The fraction of sp³-hybridized carbons (Fsp3) is 0.529. The van der Waals surface area contributed by atoms with Gasteiger partial charge in [-0.25, -0.2) is 0 Å². The third-order valence-corrected chi connectivity index (χ3v) is 3.00. The molecule has 0 unspecified atom stereocenters. The number of carbonyl (C=O) groups is 2. The van der Waals surface area contributed by atoms with E-state index in [0.717, 1.165) is 0 Å². The van der Waals surface area contributed by atoms with Crippen molar-refractivity contribution in [2.75, 3.05) is 31.7 Å². The van der Waals surface area contributed by atoms with E-state index in [0.29, 0.717) is 44.2 Å². The molecule has 0 radical (unpaired) electrons. The highest BCUT2D eigenvalue weighted by Gasteiger charge is 2.15. The van der Waals surface area contributed by atoms with Crippen LogP contribution in [0.25, 0.3) is 0 Å². The van der Waals surface area contributed by atoms with Crippen LogP contribution in [0, 0.1) is 0 Å². The van der Waals surface area contributed by atoms with Crippen LogP contribution in [0.4, 0.5) is 5.69 Å². The molecule has 0 spiro atoms. The van der Waals surface area contributed by atoms with Crippen molar-refractivity contribution in [3.63, 3.8) is 0 Å². The second-order valence-corrected chi connectivity index (χ2v) is 4.80. The Labute approximate surface area is 142 Å². The number of rotatable bonds is 10. The number of carbonyl (C=O) groups excluding carboxylic acids is 2. The van der Waals surface area contributed by atoms with E-state index in [4.69, 9.17) is 14.2 Å². The van der Waals surface area contributed by atoms with Gasteiger partial charge >= 0.3 is 11.8 Å². The van der Waals surface area contributed by atoms with Crippen molar-refractivity contribution in [1.82, 2.24) is 5.32 Å². The zero-order valence-electron chi connectivity index (χ0n) is 14.5. The van der Waals surface area contributed by atoms with Gasteiger partial charge in [-0.05, 0) is 45.0 Å². The molecule has 1 aromatic rings. The smallest absolute Gasteiger partial charge is 0.313 e. The van der Waals surface area contributed by atoms with Crippen molar-refractivity contribution >= 4 is 17.5 Å². The van der Waals surface area contributed by atoms with Crippen LogP contribution in [0.1, 0.15) is 27.2 Å². The zero-order chi connectivity index (χ0) is 17.8. The molecule has 0 bridgehead atoms. The van der Waals surface area contributed by atoms with E-state index >= 15 is 0 Å². The van der Waals surface area contributed by atoms with Crippen LogP contribution >= 0.6 is 0 Å². The number of nitrogens with one attached hydrogen (secondary N) is 2. The van der Waals surface area contributed by atoms with E-state index in [1.54, 1.807) is 24.3 Å². The molecule has 0 aliphatic rings. The highest BCUT2D eigenvalue weighted by molar-refractivity contribution is 6.39. The SMILES string of the molecule is CCOc1ccc(NC(=O)C(=O)NCCC(OCC)OCC)cc1. The summed E-state index contributed by atoms with van der Waals surface area (Å²) in [6, 6.07) is 6.81. The van der Waals surface area contributed by atoms with E-state index in [2.05, 4.69) is 10.6 Å². The molecule has 0 heterocycles. The molecule has 0 saturated heterocycles. The first-order valence-electron chi connectivity index (χ1n) is 8.15. The molecule has 7 heteroatoms. The van der Waals surface area contributed by atoms with Crippen molar-refractivity contribution in [3.8, 4) is 5.75 Å². The molecule has 0 aromatic heterocycles. The molecule has 1 aromatic carbocycles. The highest BCUT2D eigenvalue weighted by Crippen LogP contribution is 2.15. The van der Waals surface area contributed by atoms with Gasteiger partial charge in [0.25, 0.3) is 0 Å². The molecule has 0 atom stereocenters. The lowest BCUT2D eigenvalue weighted by molar-refractivity contribution is -0.142. The zero-order valence-corrected chi connectivity index (χ0v) is 14.5. The number of ether oxygens (including phenoxy) is 3. The minimum atomic E-state index is -0.719. The molecular weight excluding hydrogens is 312 g/mol. The maximum atomic E-state index is 11.8. The lowest BCUT2D eigenvalue weighted by Gasteiger charge is -2.16. The summed E-state index contributed by atoms with van der Waals surface area (Å²) in [5.74, 6) is -0.711. The second-order valence-electron chi connectivity index (χ2n) is 4.80. The Kier molecular flexibility index (Phi) is 9.48. The van der Waals surface area contributed by atoms with Crippen LogP contribution in [0.5, 0.6) is 5.75 Å². The molecule has 0 aliphatic carbocycles. The third-order valence-electron chi connectivity index (χ3n) is 3.00. The van der Waals surface area contributed by atoms with Crippen LogP contribution in [-0.2, 0) is 19.1 Å². The Morgan fingerprint density at radius 2 is 1.58 bits per heavy atom. The monoisotopic (exact) mass is 338 g/mol. The van der Waals surface area contributed by atoms with E-state index in [-0.39, 0.29) is 6.29 Å². The predicted molar refractivity (Wildman–Crippen MR) is 90.9 cm³/mol. The van der Waals surface area contributed by atoms with Crippen LogP contribution in [-0.4, -0.2) is 44.5 Å². The number of amides is 2. The molecule has 0 saturated carbocycles. The maximum Gasteiger partial charge on any atom is 0.313 e. The van der Waals surface area contributed by atoms with Gasteiger partial charge in [0.15, 0.2) is 6.29 Å². The second kappa shape index (κ2) is 11.4. The van der Waals surface area contributed by atoms with Gasteiger partial charge in [0.1, 0.15) is 5.75 Å². The Morgan fingerprint density at radius 3 is 2.12 bits per heavy atom. The lowest BCUT2D eigenvalue weighted by Crippen LogP contribution is -2.37. The summed E-state index contributed by atoms with van der Waals surface area (Å²) >= 11 is 0. The van der Waals surface area contributed by atoms with Gasteiger partial charge in [-0.1, -0.05) is 0 Å². The largest absolute Gasteiger partial charge is 0.494 e. The quantitative estimate of drug-likeness (QED) is 0.503. The minimum Gasteiger partial charge on any atom is -0.494 e. The summed E-state index contributed by atoms with van der Waals surface area (Å²) in [5, 5.41) is 5.08. The standard InChI is InChI=1S/C17H26N2O5/c1-4-22-14-9-7-13(8-10-14)19-17(21)16(20)18-12-11-15(23-5-2)24-6-3/h7-10,15H,4-6,11-12H2,1-3H3,(H,18,20)(H,19,21). The summed E-state index contributed by atoms with van der Waals surface area (Å²) in [6.07, 6.45) is 0.0958. The molecule has 134 valence electrons. The van der Waals surface area contributed by atoms with Gasteiger partial charge < -0.3 is 24.8 Å². The minimum absolute atomic E-state index is 0.292. The normalized spacial score (nSPS) is 10.5. The van der Waals surface area contributed by atoms with Crippen LogP contribution in [0.3, 0.4) is 0 Å². The number of hydrogen-bond acceptors (Lipinski definition) is 5. The number of anilines is 1. The molecule has 2 amide bonds. The van der Waals surface area contributed by atoms with E-state index in [1.807, 2.05) is 20.8 Å². The van der Waals surface area contributed by atoms with Crippen LogP contribution in [0.15, 0.2) is 24.3 Å². The molecule has 7 nitrogen and oxygen atoms in total. The Bertz CT molecular complexity index is 498. The van der Waals surface area contributed by atoms with Gasteiger partial charge in [0.05, 0.1) is 6.61 Å². The van der Waals surface area contributed by atoms with Gasteiger partial charge in [0.2, 0.25) is 0 Å².